The summed E-state index contributed by atoms with van der Waals surface area (Å²) >= 11 is 15.4. The van der Waals surface area contributed by atoms with E-state index in [2.05, 4.69) is 15.9 Å². The first kappa shape index (κ1) is 15.6. The number of ether oxygens (including phenoxy) is 1. The molecule has 2 aromatic rings. The van der Waals surface area contributed by atoms with Crippen LogP contribution in [0.2, 0.25) is 10.0 Å². The van der Waals surface area contributed by atoms with Crippen LogP contribution in [0.25, 0.3) is 0 Å². The Labute approximate surface area is 134 Å². The molecule has 0 bridgehead atoms. The quantitative estimate of drug-likeness (QED) is 0.762. The van der Waals surface area contributed by atoms with Crippen LogP contribution in [0.5, 0.6) is 5.75 Å². The van der Waals surface area contributed by atoms with E-state index in [4.69, 9.17) is 33.7 Å². The number of hydrogen-bond donors (Lipinski definition) is 1. The highest BCUT2D eigenvalue weighted by Gasteiger charge is 2.15. The van der Waals surface area contributed by atoms with Gasteiger partial charge in [0, 0.05) is 17.1 Å². The van der Waals surface area contributed by atoms with Crippen molar-refractivity contribution in [1.82, 2.24) is 0 Å². The van der Waals surface area contributed by atoms with E-state index in [-0.39, 0.29) is 12.4 Å². The third kappa shape index (κ3) is 3.64. The highest BCUT2D eigenvalue weighted by Crippen LogP contribution is 2.36. The van der Waals surface area contributed by atoms with Crippen molar-refractivity contribution >= 4 is 39.1 Å². The summed E-state index contributed by atoms with van der Waals surface area (Å²) in [5.74, 6) is 0.0593. The fraction of sp³-hybridized carbons (Fsp3) is 0.143. The number of benzene rings is 2. The molecule has 106 valence electrons. The van der Waals surface area contributed by atoms with Crippen LogP contribution in [-0.4, -0.2) is 6.54 Å². The van der Waals surface area contributed by atoms with Crippen molar-refractivity contribution < 1.29 is 9.13 Å². The van der Waals surface area contributed by atoms with Crippen LogP contribution < -0.4 is 10.5 Å². The smallest absolute Gasteiger partial charge is 0.140 e. The largest absolute Gasteiger partial charge is 0.483 e. The fourth-order valence-corrected chi connectivity index (χ4v) is 2.54. The summed E-state index contributed by atoms with van der Waals surface area (Å²) in [6.45, 7) is 0.188. The maximum Gasteiger partial charge on any atom is 0.140 e. The van der Waals surface area contributed by atoms with E-state index in [9.17, 15) is 4.39 Å². The van der Waals surface area contributed by atoms with Crippen LogP contribution in [0.15, 0.2) is 40.9 Å². The van der Waals surface area contributed by atoms with Crippen molar-refractivity contribution in [3.63, 3.8) is 0 Å². The molecule has 0 radical (unpaired) electrons. The first-order valence-corrected chi connectivity index (χ1v) is 7.33. The first-order chi connectivity index (χ1) is 9.51. The Morgan fingerprint density at radius 1 is 1.20 bits per heavy atom. The van der Waals surface area contributed by atoms with Gasteiger partial charge < -0.3 is 10.5 Å². The Bertz CT molecular complexity index is 624. The van der Waals surface area contributed by atoms with Gasteiger partial charge in [0.25, 0.3) is 0 Å². The summed E-state index contributed by atoms with van der Waals surface area (Å²) in [6.07, 6.45) is -0.500. The summed E-state index contributed by atoms with van der Waals surface area (Å²) in [5.41, 5.74) is 6.33. The van der Waals surface area contributed by atoms with Gasteiger partial charge in [0.05, 0.1) is 10.0 Å². The standard InChI is InChI=1S/C14H11BrCl2FNO/c15-10-5-12(17)13(6-11(10)16)20-14(7-19)8-2-1-3-9(18)4-8/h1-6,14H,7,19H2. The predicted octanol–water partition coefficient (Wildman–Crippen LogP) is 4.97. The van der Waals surface area contributed by atoms with Crippen molar-refractivity contribution in [2.45, 2.75) is 6.10 Å². The lowest BCUT2D eigenvalue weighted by molar-refractivity contribution is 0.214. The van der Waals surface area contributed by atoms with E-state index in [1.54, 1.807) is 24.3 Å². The highest BCUT2D eigenvalue weighted by molar-refractivity contribution is 9.10. The number of halogens is 4. The second kappa shape index (κ2) is 6.76. The molecule has 0 heterocycles. The molecule has 0 aliphatic carbocycles. The van der Waals surface area contributed by atoms with Gasteiger partial charge in [-0.05, 0) is 39.7 Å². The molecule has 20 heavy (non-hydrogen) atoms. The predicted molar refractivity (Wildman–Crippen MR) is 83.0 cm³/mol. The van der Waals surface area contributed by atoms with Crippen molar-refractivity contribution in [2.24, 2.45) is 5.73 Å². The molecule has 0 amide bonds. The van der Waals surface area contributed by atoms with Crippen LogP contribution in [0, 0.1) is 5.82 Å². The first-order valence-electron chi connectivity index (χ1n) is 5.78. The zero-order valence-corrected chi connectivity index (χ0v) is 13.3. The minimum atomic E-state index is -0.500. The summed E-state index contributed by atoms with van der Waals surface area (Å²) in [5, 5.41) is 0.871. The Kier molecular flexibility index (Phi) is 5.27. The molecule has 0 aliphatic heterocycles. The van der Waals surface area contributed by atoms with Crippen LogP contribution in [0.3, 0.4) is 0 Å². The molecule has 6 heteroatoms. The SMILES string of the molecule is NCC(Oc1cc(Cl)c(Br)cc1Cl)c1cccc(F)c1. The lowest BCUT2D eigenvalue weighted by Crippen LogP contribution is -2.18. The van der Waals surface area contributed by atoms with E-state index in [0.717, 1.165) is 0 Å². The number of hydrogen-bond acceptors (Lipinski definition) is 2. The van der Waals surface area contributed by atoms with Crippen LogP contribution >= 0.6 is 39.1 Å². The molecule has 0 aliphatic rings. The maximum absolute atomic E-state index is 13.2. The van der Waals surface area contributed by atoms with Gasteiger partial charge >= 0.3 is 0 Å². The molecule has 0 spiro atoms. The van der Waals surface area contributed by atoms with E-state index < -0.39 is 6.10 Å². The third-order valence-electron chi connectivity index (χ3n) is 2.68. The van der Waals surface area contributed by atoms with Crippen LogP contribution in [-0.2, 0) is 0 Å². The molecule has 2 aromatic carbocycles. The van der Waals surface area contributed by atoms with Gasteiger partial charge in [-0.3, -0.25) is 0 Å². The lowest BCUT2D eigenvalue weighted by atomic mass is 10.1. The second-order valence-electron chi connectivity index (χ2n) is 4.09. The average Bonchev–Trinajstić information content (AvgIpc) is 2.41. The van der Waals surface area contributed by atoms with Gasteiger partial charge in [-0.1, -0.05) is 35.3 Å². The molecular formula is C14H11BrCl2FNO. The molecule has 0 aromatic heterocycles. The number of rotatable bonds is 4. The summed E-state index contributed by atoms with van der Waals surface area (Å²) in [7, 11) is 0. The zero-order chi connectivity index (χ0) is 14.7. The van der Waals surface area contributed by atoms with Crippen LogP contribution in [0.4, 0.5) is 4.39 Å². The highest BCUT2D eigenvalue weighted by atomic mass is 79.9. The van der Waals surface area contributed by atoms with E-state index in [1.165, 1.54) is 12.1 Å². The van der Waals surface area contributed by atoms with E-state index in [0.29, 0.717) is 25.8 Å². The van der Waals surface area contributed by atoms with Gasteiger partial charge in [-0.25, -0.2) is 4.39 Å². The topological polar surface area (TPSA) is 35.2 Å². The summed E-state index contributed by atoms with van der Waals surface area (Å²) in [4.78, 5) is 0. The van der Waals surface area contributed by atoms with Crippen LogP contribution in [0.1, 0.15) is 11.7 Å². The van der Waals surface area contributed by atoms with E-state index >= 15 is 0 Å². The second-order valence-corrected chi connectivity index (χ2v) is 5.76. The van der Waals surface area contributed by atoms with Crippen molar-refractivity contribution in [2.75, 3.05) is 6.54 Å². The van der Waals surface area contributed by atoms with E-state index in [1.807, 2.05) is 0 Å². The monoisotopic (exact) mass is 377 g/mol. The maximum atomic E-state index is 13.2. The molecule has 2 rings (SSSR count). The Balaban J connectivity index is 2.29. The fourth-order valence-electron chi connectivity index (χ4n) is 1.71. The van der Waals surface area contributed by atoms with Gasteiger partial charge in [0.1, 0.15) is 17.7 Å². The minimum absolute atomic E-state index is 0.188. The molecule has 1 unspecified atom stereocenters. The summed E-state index contributed by atoms with van der Waals surface area (Å²) < 4.78 is 19.7. The zero-order valence-electron chi connectivity index (χ0n) is 10.2. The lowest BCUT2D eigenvalue weighted by Gasteiger charge is -2.19. The molecule has 0 saturated heterocycles. The molecule has 0 saturated carbocycles. The van der Waals surface area contributed by atoms with Gasteiger partial charge in [-0.2, -0.15) is 0 Å². The molecule has 1 atom stereocenters. The van der Waals surface area contributed by atoms with Gasteiger partial charge in [-0.15, -0.1) is 0 Å². The van der Waals surface area contributed by atoms with Crippen molar-refractivity contribution in [1.29, 1.82) is 0 Å². The Hall–Kier alpha value is -0.810. The molecule has 2 N–H and O–H groups in total. The van der Waals surface area contributed by atoms with Crippen molar-refractivity contribution in [3.05, 3.63) is 62.3 Å². The third-order valence-corrected chi connectivity index (χ3v) is 4.17. The average molecular weight is 379 g/mol. The molecule has 2 nitrogen and oxygen atoms in total. The minimum Gasteiger partial charge on any atom is -0.483 e. The Morgan fingerprint density at radius 2 is 1.95 bits per heavy atom. The number of nitrogens with two attached hydrogens (primary N) is 1. The van der Waals surface area contributed by atoms with Gasteiger partial charge in [0.15, 0.2) is 0 Å². The molecule has 0 fully saturated rings. The molecular weight excluding hydrogens is 368 g/mol. The Morgan fingerprint density at radius 3 is 2.60 bits per heavy atom. The normalized spacial score (nSPS) is 12.2. The summed E-state index contributed by atoms with van der Waals surface area (Å²) in [6, 6.07) is 9.32. The van der Waals surface area contributed by atoms with Gasteiger partial charge in [0.2, 0.25) is 0 Å². The van der Waals surface area contributed by atoms with Crippen molar-refractivity contribution in [3.8, 4) is 5.75 Å².